The van der Waals surface area contributed by atoms with E-state index in [0.717, 1.165) is 30.2 Å². The van der Waals surface area contributed by atoms with Gasteiger partial charge >= 0.3 is 0 Å². The highest BCUT2D eigenvalue weighted by atomic mass is 16.5. The Morgan fingerprint density at radius 3 is 2.41 bits per heavy atom. The highest BCUT2D eigenvalue weighted by molar-refractivity contribution is 5.27. The van der Waals surface area contributed by atoms with Gasteiger partial charge in [0.25, 0.3) is 0 Å². The van der Waals surface area contributed by atoms with Gasteiger partial charge in [-0.25, -0.2) is 0 Å². The number of rotatable bonds is 7. The normalized spacial score (nSPS) is 21.0. The molecular weight excluding hydrogens is 272 g/mol. The smallest absolute Gasteiger partial charge is 0.118 e. The van der Waals surface area contributed by atoms with Crippen LogP contribution in [0.25, 0.3) is 0 Å². The molecule has 0 amide bonds. The Labute approximate surface area is 135 Å². The molecule has 1 atom stereocenters. The van der Waals surface area contributed by atoms with E-state index in [1.807, 2.05) is 0 Å². The molecule has 22 heavy (non-hydrogen) atoms. The zero-order chi connectivity index (χ0) is 15.4. The summed E-state index contributed by atoms with van der Waals surface area (Å²) in [5.74, 6) is 2.74. The van der Waals surface area contributed by atoms with Crippen LogP contribution in [0.2, 0.25) is 0 Å². The number of nitrogens with zero attached hydrogens (tertiary/aromatic N) is 1. The first-order valence-electron chi connectivity index (χ1n) is 8.84. The van der Waals surface area contributed by atoms with Crippen LogP contribution in [0.5, 0.6) is 5.75 Å². The molecule has 1 saturated heterocycles. The lowest BCUT2D eigenvalue weighted by atomic mass is 9.96. The fourth-order valence-corrected chi connectivity index (χ4v) is 3.61. The van der Waals surface area contributed by atoms with Crippen LogP contribution in [0, 0.1) is 11.8 Å². The third-order valence-electron chi connectivity index (χ3n) is 5.38. The van der Waals surface area contributed by atoms with Crippen molar-refractivity contribution in [3.05, 3.63) is 29.8 Å². The van der Waals surface area contributed by atoms with Gasteiger partial charge in [-0.3, -0.25) is 4.90 Å². The number of benzene rings is 1. The first-order valence-corrected chi connectivity index (χ1v) is 8.84. The lowest BCUT2D eigenvalue weighted by Gasteiger charge is -2.34. The van der Waals surface area contributed by atoms with E-state index >= 15 is 0 Å². The summed E-state index contributed by atoms with van der Waals surface area (Å²) in [7, 11) is 1.73. The number of nitrogens with one attached hydrogen (secondary N) is 1. The van der Waals surface area contributed by atoms with Gasteiger partial charge < -0.3 is 10.1 Å². The van der Waals surface area contributed by atoms with Crippen LogP contribution >= 0.6 is 0 Å². The van der Waals surface area contributed by atoms with E-state index < -0.39 is 0 Å². The van der Waals surface area contributed by atoms with E-state index in [-0.39, 0.29) is 0 Å². The van der Waals surface area contributed by atoms with Crippen molar-refractivity contribution in [3.63, 3.8) is 0 Å². The zero-order valence-corrected chi connectivity index (χ0v) is 14.1. The van der Waals surface area contributed by atoms with Gasteiger partial charge in [0.2, 0.25) is 0 Å². The number of methoxy groups -OCH3 is 1. The summed E-state index contributed by atoms with van der Waals surface area (Å²) in [6.07, 6.45) is 5.51. The zero-order valence-electron chi connectivity index (χ0n) is 14.1. The van der Waals surface area contributed by atoms with E-state index in [1.165, 1.54) is 50.9 Å². The fraction of sp³-hybridized carbons (Fsp3) is 0.684. The van der Waals surface area contributed by atoms with Crippen LogP contribution in [-0.4, -0.2) is 37.7 Å². The molecular formula is C19H30N2O. The molecule has 1 aromatic rings. The number of hydrogen-bond acceptors (Lipinski definition) is 3. The largest absolute Gasteiger partial charge is 0.497 e. The fourth-order valence-electron chi connectivity index (χ4n) is 3.61. The van der Waals surface area contributed by atoms with Crippen molar-refractivity contribution in [2.75, 3.05) is 26.7 Å². The minimum Gasteiger partial charge on any atom is -0.497 e. The second-order valence-corrected chi connectivity index (χ2v) is 7.05. The molecule has 0 aromatic heterocycles. The van der Waals surface area contributed by atoms with Gasteiger partial charge in [0.05, 0.1) is 7.11 Å². The summed E-state index contributed by atoms with van der Waals surface area (Å²) in [5.41, 5.74) is 1.40. The SMILES string of the molecule is COc1ccc(CN(CC2CCNCC2)C(C)C2CC2)cc1. The highest BCUT2D eigenvalue weighted by Gasteiger charge is 2.33. The molecule has 3 heteroatoms. The van der Waals surface area contributed by atoms with Crippen LogP contribution in [0.15, 0.2) is 24.3 Å². The maximum Gasteiger partial charge on any atom is 0.118 e. The van der Waals surface area contributed by atoms with Crippen LogP contribution in [0.3, 0.4) is 0 Å². The van der Waals surface area contributed by atoms with Crippen molar-refractivity contribution >= 4 is 0 Å². The van der Waals surface area contributed by atoms with E-state index in [2.05, 4.69) is 41.4 Å². The minimum absolute atomic E-state index is 0.719. The summed E-state index contributed by atoms with van der Waals surface area (Å²) in [6.45, 7) is 7.15. The Morgan fingerprint density at radius 1 is 1.14 bits per heavy atom. The summed E-state index contributed by atoms with van der Waals surface area (Å²) >= 11 is 0. The van der Waals surface area contributed by atoms with E-state index in [9.17, 15) is 0 Å². The molecule has 1 aromatic carbocycles. The Bertz CT molecular complexity index is 449. The average molecular weight is 302 g/mol. The summed E-state index contributed by atoms with van der Waals surface area (Å²) in [6, 6.07) is 9.32. The van der Waals surface area contributed by atoms with Crippen molar-refractivity contribution in [1.82, 2.24) is 10.2 Å². The van der Waals surface area contributed by atoms with Gasteiger partial charge in [-0.2, -0.15) is 0 Å². The van der Waals surface area contributed by atoms with Crippen molar-refractivity contribution in [2.45, 2.75) is 45.2 Å². The molecule has 1 heterocycles. The predicted octanol–water partition coefficient (Wildman–Crippen LogP) is 3.30. The van der Waals surface area contributed by atoms with Crippen LogP contribution in [0.4, 0.5) is 0 Å². The topological polar surface area (TPSA) is 24.5 Å². The lowest BCUT2D eigenvalue weighted by Crippen LogP contribution is -2.41. The predicted molar refractivity (Wildman–Crippen MR) is 91.2 cm³/mol. The van der Waals surface area contributed by atoms with Gasteiger partial charge in [0.1, 0.15) is 5.75 Å². The van der Waals surface area contributed by atoms with Gasteiger partial charge in [-0.15, -0.1) is 0 Å². The molecule has 1 unspecified atom stereocenters. The van der Waals surface area contributed by atoms with Crippen molar-refractivity contribution in [1.29, 1.82) is 0 Å². The molecule has 1 N–H and O–H groups in total. The number of hydrogen-bond donors (Lipinski definition) is 1. The maximum absolute atomic E-state index is 5.27. The second kappa shape index (κ2) is 7.47. The van der Waals surface area contributed by atoms with Crippen LogP contribution in [-0.2, 0) is 6.54 Å². The van der Waals surface area contributed by atoms with Crippen LogP contribution < -0.4 is 10.1 Å². The second-order valence-electron chi connectivity index (χ2n) is 7.05. The van der Waals surface area contributed by atoms with E-state index in [0.29, 0.717) is 0 Å². The Morgan fingerprint density at radius 2 is 1.82 bits per heavy atom. The number of ether oxygens (including phenoxy) is 1. The molecule has 1 aliphatic carbocycles. The monoisotopic (exact) mass is 302 g/mol. The van der Waals surface area contributed by atoms with Gasteiger partial charge in [0, 0.05) is 19.1 Å². The Balaban J connectivity index is 1.63. The third kappa shape index (κ3) is 4.23. The quantitative estimate of drug-likeness (QED) is 0.836. The Hall–Kier alpha value is -1.06. The van der Waals surface area contributed by atoms with E-state index in [1.54, 1.807) is 7.11 Å². The highest BCUT2D eigenvalue weighted by Crippen LogP contribution is 2.36. The maximum atomic E-state index is 5.27. The molecule has 1 aliphatic heterocycles. The van der Waals surface area contributed by atoms with Gasteiger partial charge in [-0.05, 0) is 75.2 Å². The molecule has 0 spiro atoms. The summed E-state index contributed by atoms with van der Waals surface area (Å²) < 4.78 is 5.27. The average Bonchev–Trinajstić information content (AvgIpc) is 3.40. The van der Waals surface area contributed by atoms with Gasteiger partial charge in [-0.1, -0.05) is 12.1 Å². The molecule has 1 saturated carbocycles. The lowest BCUT2D eigenvalue weighted by molar-refractivity contribution is 0.139. The molecule has 0 radical (unpaired) electrons. The molecule has 122 valence electrons. The number of piperidine rings is 1. The van der Waals surface area contributed by atoms with Crippen molar-refractivity contribution in [2.24, 2.45) is 11.8 Å². The molecule has 2 aliphatic rings. The Kier molecular flexibility index (Phi) is 5.37. The van der Waals surface area contributed by atoms with E-state index in [4.69, 9.17) is 4.74 Å². The third-order valence-corrected chi connectivity index (χ3v) is 5.38. The molecule has 3 nitrogen and oxygen atoms in total. The first kappa shape index (κ1) is 15.8. The molecule has 0 bridgehead atoms. The molecule has 3 rings (SSSR count). The van der Waals surface area contributed by atoms with Crippen LogP contribution in [0.1, 0.15) is 38.2 Å². The molecule has 2 fully saturated rings. The van der Waals surface area contributed by atoms with Crippen molar-refractivity contribution < 1.29 is 4.74 Å². The minimum atomic E-state index is 0.719. The summed E-state index contributed by atoms with van der Waals surface area (Å²) in [5, 5.41) is 3.48. The van der Waals surface area contributed by atoms with Crippen molar-refractivity contribution in [3.8, 4) is 5.75 Å². The summed E-state index contributed by atoms with van der Waals surface area (Å²) in [4.78, 5) is 2.73. The standard InChI is InChI=1S/C19H30N2O/c1-15(18-5-6-18)21(14-17-9-11-20-12-10-17)13-16-3-7-19(22-2)8-4-16/h3-4,7-8,15,17-18,20H,5-6,9-14H2,1-2H3. The first-order chi connectivity index (χ1) is 10.8. The van der Waals surface area contributed by atoms with Gasteiger partial charge in [0.15, 0.2) is 0 Å².